The second-order valence-corrected chi connectivity index (χ2v) is 12.3. The van der Waals surface area contributed by atoms with Crippen LogP contribution >= 0.6 is 0 Å². The van der Waals surface area contributed by atoms with E-state index in [1.807, 2.05) is 6.20 Å². The third kappa shape index (κ3) is 3.09. The van der Waals surface area contributed by atoms with E-state index >= 15 is 0 Å². The van der Waals surface area contributed by atoms with Crippen LogP contribution in [0.5, 0.6) is 0 Å². The molecule has 212 valence electrons. The molecule has 3 aromatic heterocycles. The van der Waals surface area contributed by atoms with E-state index in [1.54, 1.807) is 0 Å². The van der Waals surface area contributed by atoms with Gasteiger partial charge in [-0.1, -0.05) is 103 Å². The lowest BCUT2D eigenvalue weighted by Gasteiger charge is -2.13. The molecule has 10 aromatic rings. The number of nitrogens with zero attached hydrogens (tertiary/aromatic N) is 2. The normalized spacial score (nSPS) is 12.3. The first kappa shape index (κ1) is 24.2. The largest absolute Gasteiger partial charge is 0.456 e. The summed E-state index contributed by atoms with van der Waals surface area (Å²) in [6.07, 6.45) is 2.03. The van der Waals surface area contributed by atoms with E-state index in [9.17, 15) is 0 Å². The van der Waals surface area contributed by atoms with Crippen molar-refractivity contribution in [2.75, 3.05) is 0 Å². The van der Waals surface area contributed by atoms with Crippen molar-refractivity contribution in [1.82, 2.24) is 9.55 Å². The molecule has 0 fully saturated rings. The second-order valence-electron chi connectivity index (χ2n) is 12.3. The molecule has 0 atom stereocenters. The van der Waals surface area contributed by atoms with Crippen LogP contribution < -0.4 is 0 Å². The van der Waals surface area contributed by atoms with Crippen LogP contribution in [0.15, 0.2) is 150 Å². The molecule has 0 saturated heterocycles. The van der Waals surface area contributed by atoms with Gasteiger partial charge in [-0.15, -0.1) is 0 Å². The first-order valence-electron chi connectivity index (χ1n) is 15.7. The number of hydrogen-bond donors (Lipinski definition) is 0. The Labute approximate surface area is 263 Å². The first-order chi connectivity index (χ1) is 22.8. The molecule has 3 nitrogen and oxygen atoms in total. The molecule has 0 N–H and O–H groups in total. The number of aromatic nitrogens is 2. The maximum absolute atomic E-state index is 6.30. The predicted octanol–water partition coefficient (Wildman–Crippen LogP) is 11.7. The number of pyridine rings is 1. The standard InChI is InChI=1S/C43H24N2O/c1-2-10-29-25(8-1)17-21-39-41(29)35-23-27(18-20-38(35)46-39)26-16-19-37-34(22-26)31-12-5-6-15-36(31)45(37)43-42-33-13-4-3-11-30(33)32-14-7-9-28(24-44-43)40(32)42/h1-24H. The quantitative estimate of drug-likeness (QED) is 0.202. The molecule has 1 aliphatic carbocycles. The van der Waals surface area contributed by atoms with Crippen molar-refractivity contribution in [2.24, 2.45) is 0 Å². The number of benzene rings is 7. The lowest BCUT2D eigenvalue weighted by molar-refractivity contribution is 0.669. The maximum Gasteiger partial charge on any atom is 0.146 e. The fourth-order valence-electron chi connectivity index (χ4n) is 7.96. The molecular formula is C43H24N2O. The summed E-state index contributed by atoms with van der Waals surface area (Å²) in [6.45, 7) is 0. The van der Waals surface area contributed by atoms with Crippen LogP contribution in [-0.2, 0) is 0 Å². The zero-order valence-electron chi connectivity index (χ0n) is 24.7. The number of para-hydroxylation sites is 1. The van der Waals surface area contributed by atoms with Crippen molar-refractivity contribution < 1.29 is 4.42 Å². The minimum absolute atomic E-state index is 0.910. The molecule has 0 amide bonds. The van der Waals surface area contributed by atoms with Gasteiger partial charge >= 0.3 is 0 Å². The van der Waals surface area contributed by atoms with Crippen molar-refractivity contribution in [2.45, 2.75) is 0 Å². The molecule has 0 bridgehead atoms. The lowest BCUT2D eigenvalue weighted by atomic mass is 9.99. The molecule has 7 aromatic carbocycles. The van der Waals surface area contributed by atoms with Gasteiger partial charge in [0, 0.05) is 44.1 Å². The summed E-state index contributed by atoms with van der Waals surface area (Å²) in [6, 6.07) is 50.2. The van der Waals surface area contributed by atoms with Gasteiger partial charge in [0.2, 0.25) is 0 Å². The molecule has 0 spiro atoms. The number of fused-ring (bicyclic) bond motifs is 11. The summed E-state index contributed by atoms with van der Waals surface area (Å²) in [7, 11) is 0. The fraction of sp³-hybridized carbons (Fsp3) is 0. The SMILES string of the molecule is c1ccc2c(c1)-c1cccc3cnc(-n4c5ccccc5c5cc(-c6ccc7oc8ccc9ccccc9c8c7c6)ccc54)c-2c13. The number of hydrogen-bond acceptors (Lipinski definition) is 2. The van der Waals surface area contributed by atoms with E-state index in [4.69, 9.17) is 9.40 Å². The Bertz CT molecular complexity index is 2920. The molecule has 0 aliphatic heterocycles. The highest BCUT2D eigenvalue weighted by Crippen LogP contribution is 2.50. The van der Waals surface area contributed by atoms with Gasteiger partial charge in [0.25, 0.3) is 0 Å². The molecule has 0 unspecified atom stereocenters. The topological polar surface area (TPSA) is 31.0 Å². The smallest absolute Gasteiger partial charge is 0.146 e. The summed E-state index contributed by atoms with van der Waals surface area (Å²) in [5, 5.41) is 9.64. The van der Waals surface area contributed by atoms with Crippen molar-refractivity contribution in [3.05, 3.63) is 146 Å². The molecule has 11 rings (SSSR count). The van der Waals surface area contributed by atoms with Gasteiger partial charge in [0.05, 0.1) is 11.0 Å². The Morgan fingerprint density at radius 3 is 2.09 bits per heavy atom. The van der Waals surface area contributed by atoms with Gasteiger partial charge < -0.3 is 4.42 Å². The monoisotopic (exact) mass is 584 g/mol. The van der Waals surface area contributed by atoms with E-state index in [1.165, 1.54) is 71.1 Å². The average molecular weight is 585 g/mol. The van der Waals surface area contributed by atoms with Crippen LogP contribution in [0.2, 0.25) is 0 Å². The molecular weight excluding hydrogens is 560 g/mol. The fourth-order valence-corrected chi connectivity index (χ4v) is 7.96. The van der Waals surface area contributed by atoms with Gasteiger partial charge in [0.1, 0.15) is 17.0 Å². The van der Waals surface area contributed by atoms with Gasteiger partial charge in [-0.2, -0.15) is 0 Å². The minimum Gasteiger partial charge on any atom is -0.456 e. The van der Waals surface area contributed by atoms with Crippen LogP contribution in [0.1, 0.15) is 0 Å². The van der Waals surface area contributed by atoms with E-state index in [0.29, 0.717) is 0 Å². The Morgan fingerprint density at radius 2 is 1.15 bits per heavy atom. The lowest BCUT2D eigenvalue weighted by Crippen LogP contribution is -2.00. The Kier molecular flexibility index (Phi) is 4.58. The summed E-state index contributed by atoms with van der Waals surface area (Å²) >= 11 is 0. The van der Waals surface area contributed by atoms with Crippen molar-refractivity contribution in [1.29, 1.82) is 0 Å². The highest BCUT2D eigenvalue weighted by molar-refractivity contribution is 6.20. The van der Waals surface area contributed by atoms with E-state index in [2.05, 4.69) is 144 Å². The number of rotatable bonds is 2. The Hall–Kier alpha value is -6.19. The van der Waals surface area contributed by atoms with E-state index in [-0.39, 0.29) is 0 Å². The predicted molar refractivity (Wildman–Crippen MR) is 191 cm³/mol. The highest BCUT2D eigenvalue weighted by atomic mass is 16.3. The van der Waals surface area contributed by atoms with Crippen molar-refractivity contribution >= 4 is 65.3 Å². The second kappa shape index (κ2) is 8.71. The van der Waals surface area contributed by atoms with Crippen LogP contribution in [0, 0.1) is 0 Å². The first-order valence-corrected chi connectivity index (χ1v) is 15.7. The van der Waals surface area contributed by atoms with Gasteiger partial charge in [0.15, 0.2) is 0 Å². The molecule has 0 radical (unpaired) electrons. The zero-order valence-corrected chi connectivity index (χ0v) is 24.7. The average Bonchev–Trinajstić information content (AvgIpc) is 3.77. The van der Waals surface area contributed by atoms with Crippen LogP contribution in [0.4, 0.5) is 0 Å². The Balaban J connectivity index is 1.17. The maximum atomic E-state index is 6.30. The van der Waals surface area contributed by atoms with Gasteiger partial charge in [-0.05, 0) is 75.0 Å². The number of furan rings is 1. The Morgan fingerprint density at radius 1 is 0.457 bits per heavy atom. The summed E-state index contributed by atoms with van der Waals surface area (Å²) in [5.74, 6) is 0.974. The van der Waals surface area contributed by atoms with Crippen LogP contribution in [-0.4, -0.2) is 9.55 Å². The summed E-state index contributed by atoms with van der Waals surface area (Å²) in [5.41, 5.74) is 11.5. The van der Waals surface area contributed by atoms with Crippen molar-refractivity contribution in [3.8, 4) is 39.2 Å². The zero-order chi connectivity index (χ0) is 29.9. The van der Waals surface area contributed by atoms with Crippen molar-refractivity contribution in [3.63, 3.8) is 0 Å². The third-order valence-corrected chi connectivity index (χ3v) is 9.96. The van der Waals surface area contributed by atoms with E-state index < -0.39 is 0 Å². The molecule has 3 heteroatoms. The minimum atomic E-state index is 0.910. The molecule has 0 saturated carbocycles. The molecule has 1 aliphatic rings. The highest BCUT2D eigenvalue weighted by Gasteiger charge is 2.27. The van der Waals surface area contributed by atoms with E-state index in [0.717, 1.165) is 33.4 Å². The van der Waals surface area contributed by atoms with Gasteiger partial charge in [-0.3, -0.25) is 4.57 Å². The van der Waals surface area contributed by atoms with Crippen LogP contribution in [0.25, 0.3) is 104 Å². The van der Waals surface area contributed by atoms with Crippen LogP contribution in [0.3, 0.4) is 0 Å². The summed E-state index contributed by atoms with van der Waals surface area (Å²) in [4.78, 5) is 5.17. The van der Waals surface area contributed by atoms with Gasteiger partial charge in [-0.25, -0.2) is 4.98 Å². The molecule has 46 heavy (non-hydrogen) atoms. The third-order valence-electron chi connectivity index (χ3n) is 9.96. The summed E-state index contributed by atoms with van der Waals surface area (Å²) < 4.78 is 8.67. The molecule has 3 heterocycles.